The summed E-state index contributed by atoms with van der Waals surface area (Å²) in [6, 6.07) is 11.7. The van der Waals surface area contributed by atoms with Crippen molar-refractivity contribution in [1.82, 2.24) is 5.32 Å². The molecular formula is C29H41N2O3+. The van der Waals surface area contributed by atoms with Crippen molar-refractivity contribution in [3.05, 3.63) is 72.8 Å². The zero-order valence-electron chi connectivity index (χ0n) is 21.1. The minimum atomic E-state index is 0.0920. The van der Waals surface area contributed by atoms with Gasteiger partial charge >= 0.3 is 0 Å². The lowest BCUT2D eigenvalue weighted by atomic mass is 9.97. The van der Waals surface area contributed by atoms with Crippen molar-refractivity contribution in [1.29, 1.82) is 0 Å². The number of aromatic hydroxyl groups is 1. The van der Waals surface area contributed by atoms with Gasteiger partial charge in [0, 0.05) is 24.1 Å². The number of allylic oxidation sites excluding steroid dienone is 2. The molecule has 0 radical (unpaired) electrons. The molecule has 2 aromatic carbocycles. The third kappa shape index (κ3) is 8.71. The lowest BCUT2D eigenvalue weighted by molar-refractivity contribution is -0.882. The van der Waals surface area contributed by atoms with E-state index in [4.69, 9.17) is 4.74 Å². The van der Waals surface area contributed by atoms with Crippen LogP contribution in [-0.2, 0) is 17.6 Å². The summed E-state index contributed by atoms with van der Waals surface area (Å²) >= 11 is 0. The van der Waals surface area contributed by atoms with Crippen LogP contribution in [0.2, 0.25) is 0 Å². The number of rotatable bonds is 15. The van der Waals surface area contributed by atoms with Crippen LogP contribution in [0.4, 0.5) is 0 Å². The number of nitrogens with one attached hydrogen (secondary N) is 1. The van der Waals surface area contributed by atoms with Gasteiger partial charge in [-0.15, -0.1) is 13.2 Å². The molecule has 2 N–H and O–H groups in total. The monoisotopic (exact) mass is 465 g/mol. The van der Waals surface area contributed by atoms with Gasteiger partial charge in [0.05, 0.1) is 27.2 Å². The molecule has 0 aliphatic heterocycles. The summed E-state index contributed by atoms with van der Waals surface area (Å²) in [6.07, 6.45) is 8.08. The summed E-state index contributed by atoms with van der Waals surface area (Å²) in [6.45, 7) is 12.3. The number of hydrogen-bond donors (Lipinski definition) is 2. The SMILES string of the molecule is C=CCc1ccc(O)c(-c2cc(CC=C)ccc2OCCC[N+](C)(C)CC(=O)NCCCC)c1. The van der Waals surface area contributed by atoms with Gasteiger partial charge in [0.25, 0.3) is 5.91 Å². The molecule has 0 fully saturated rings. The predicted molar refractivity (Wildman–Crippen MR) is 141 cm³/mol. The maximum Gasteiger partial charge on any atom is 0.275 e. The van der Waals surface area contributed by atoms with Crippen LogP contribution < -0.4 is 10.1 Å². The number of carbonyl (C=O) groups is 1. The highest BCUT2D eigenvalue weighted by Gasteiger charge is 2.20. The molecule has 184 valence electrons. The van der Waals surface area contributed by atoms with Gasteiger partial charge in [0.1, 0.15) is 11.5 Å². The highest BCUT2D eigenvalue weighted by molar-refractivity contribution is 5.77. The van der Waals surface area contributed by atoms with Crippen molar-refractivity contribution >= 4 is 5.91 Å². The molecule has 0 heterocycles. The number of quaternary nitrogens is 1. The van der Waals surface area contributed by atoms with Gasteiger partial charge < -0.3 is 19.6 Å². The quantitative estimate of drug-likeness (QED) is 0.214. The third-order valence-corrected chi connectivity index (χ3v) is 5.74. The van der Waals surface area contributed by atoms with Crippen molar-refractivity contribution in [3.8, 4) is 22.6 Å². The summed E-state index contributed by atoms with van der Waals surface area (Å²) in [7, 11) is 4.14. The molecule has 0 unspecified atom stereocenters. The average Bonchev–Trinajstić information content (AvgIpc) is 2.79. The van der Waals surface area contributed by atoms with E-state index in [0.29, 0.717) is 17.6 Å². The Bertz CT molecular complexity index is 966. The second-order valence-corrected chi connectivity index (χ2v) is 9.39. The van der Waals surface area contributed by atoms with E-state index in [2.05, 4.69) is 45.6 Å². The second kappa shape index (κ2) is 13.6. The van der Waals surface area contributed by atoms with Crippen LogP contribution in [0, 0.1) is 0 Å². The van der Waals surface area contributed by atoms with Gasteiger partial charge in [-0.3, -0.25) is 4.79 Å². The van der Waals surface area contributed by atoms with Gasteiger partial charge in [-0.2, -0.15) is 0 Å². The molecule has 34 heavy (non-hydrogen) atoms. The molecule has 5 nitrogen and oxygen atoms in total. The van der Waals surface area contributed by atoms with Gasteiger partial charge in [-0.25, -0.2) is 0 Å². The van der Waals surface area contributed by atoms with Crippen molar-refractivity contribution < 1.29 is 19.1 Å². The zero-order valence-corrected chi connectivity index (χ0v) is 21.1. The van der Waals surface area contributed by atoms with Crippen LogP contribution in [0.5, 0.6) is 11.5 Å². The van der Waals surface area contributed by atoms with E-state index in [0.717, 1.165) is 73.2 Å². The number of hydrogen-bond acceptors (Lipinski definition) is 3. The summed E-state index contributed by atoms with van der Waals surface area (Å²) < 4.78 is 6.80. The number of phenolic OH excluding ortho intramolecular Hbond substituents is 1. The fourth-order valence-corrected chi connectivity index (χ4v) is 3.90. The molecule has 0 bridgehead atoms. The Hall–Kier alpha value is -3.05. The molecular weight excluding hydrogens is 424 g/mol. The van der Waals surface area contributed by atoms with E-state index in [9.17, 15) is 9.90 Å². The molecule has 0 aliphatic carbocycles. The van der Waals surface area contributed by atoms with E-state index < -0.39 is 0 Å². The number of unbranched alkanes of at least 4 members (excludes halogenated alkanes) is 1. The topological polar surface area (TPSA) is 58.6 Å². The molecule has 0 aromatic heterocycles. The van der Waals surface area contributed by atoms with Crippen LogP contribution in [0.1, 0.15) is 37.3 Å². The Morgan fingerprint density at radius 2 is 1.68 bits per heavy atom. The smallest absolute Gasteiger partial charge is 0.275 e. The van der Waals surface area contributed by atoms with Gasteiger partial charge in [-0.05, 0) is 54.7 Å². The Kier molecular flexibility index (Phi) is 10.9. The highest BCUT2D eigenvalue weighted by atomic mass is 16.5. The van der Waals surface area contributed by atoms with Crippen LogP contribution in [-0.4, -0.2) is 55.8 Å². The Balaban J connectivity index is 2.08. The molecule has 0 saturated heterocycles. The minimum Gasteiger partial charge on any atom is -0.507 e. The number of amides is 1. The molecule has 1 amide bonds. The first-order valence-corrected chi connectivity index (χ1v) is 12.2. The van der Waals surface area contributed by atoms with E-state index in [1.807, 2.05) is 36.4 Å². The van der Waals surface area contributed by atoms with Crippen molar-refractivity contribution in [3.63, 3.8) is 0 Å². The Morgan fingerprint density at radius 3 is 2.32 bits per heavy atom. The summed E-state index contributed by atoms with van der Waals surface area (Å²) in [5.41, 5.74) is 3.81. The van der Waals surface area contributed by atoms with Gasteiger partial charge in [-0.1, -0.05) is 37.6 Å². The first-order valence-electron chi connectivity index (χ1n) is 12.2. The summed E-state index contributed by atoms with van der Waals surface area (Å²) in [5.74, 6) is 1.05. The lowest BCUT2D eigenvalue weighted by Crippen LogP contribution is -2.48. The van der Waals surface area contributed by atoms with E-state index in [1.54, 1.807) is 6.07 Å². The van der Waals surface area contributed by atoms with Crippen LogP contribution >= 0.6 is 0 Å². The van der Waals surface area contributed by atoms with Crippen molar-refractivity contribution in [2.45, 2.75) is 39.0 Å². The summed E-state index contributed by atoms with van der Waals surface area (Å²) in [4.78, 5) is 12.2. The molecule has 0 spiro atoms. The van der Waals surface area contributed by atoms with Crippen LogP contribution in [0.25, 0.3) is 11.1 Å². The first kappa shape index (κ1) is 27.2. The maximum atomic E-state index is 12.2. The first-order chi connectivity index (χ1) is 16.3. The molecule has 0 aliphatic rings. The van der Waals surface area contributed by atoms with Crippen molar-refractivity contribution in [2.24, 2.45) is 0 Å². The molecule has 0 saturated carbocycles. The molecule has 0 atom stereocenters. The average molecular weight is 466 g/mol. The van der Waals surface area contributed by atoms with E-state index in [-0.39, 0.29) is 11.7 Å². The molecule has 2 rings (SSSR count). The van der Waals surface area contributed by atoms with E-state index in [1.165, 1.54) is 0 Å². The minimum absolute atomic E-state index is 0.0920. The third-order valence-electron chi connectivity index (χ3n) is 5.74. The van der Waals surface area contributed by atoms with Crippen molar-refractivity contribution in [2.75, 3.05) is 40.3 Å². The zero-order chi connectivity index (χ0) is 25.0. The standard InChI is InChI=1S/C29H40N2O3/c1-6-9-17-30-29(33)22-31(4,5)18-10-19-34-28-16-14-24(12-8-3)21-26(28)25-20-23(11-7-2)13-15-27(25)32/h7-8,13-16,20-21H,2-3,6,9-12,17-19,22H2,1,4-5H3,(H-,30,32,33)/p+1. The number of phenols is 1. The number of nitrogens with zero attached hydrogens (tertiary/aromatic N) is 1. The second-order valence-electron chi connectivity index (χ2n) is 9.39. The largest absolute Gasteiger partial charge is 0.507 e. The molecule has 5 heteroatoms. The Labute approximate surface area is 205 Å². The van der Waals surface area contributed by atoms with Gasteiger partial charge in [0.15, 0.2) is 6.54 Å². The number of benzene rings is 2. The normalized spacial score (nSPS) is 11.1. The number of ether oxygens (including phenoxy) is 1. The fraction of sp³-hybridized carbons (Fsp3) is 0.414. The maximum absolute atomic E-state index is 12.2. The van der Waals surface area contributed by atoms with Gasteiger partial charge in [0.2, 0.25) is 0 Å². The predicted octanol–water partition coefficient (Wildman–Crippen LogP) is 5.28. The summed E-state index contributed by atoms with van der Waals surface area (Å²) in [5, 5.41) is 13.6. The highest BCUT2D eigenvalue weighted by Crippen LogP contribution is 2.37. The number of likely N-dealkylation sites (N-methyl/N-ethyl adjacent to an activating group) is 1. The van der Waals surface area contributed by atoms with E-state index >= 15 is 0 Å². The fourth-order valence-electron chi connectivity index (χ4n) is 3.90. The Morgan fingerprint density at radius 1 is 1.03 bits per heavy atom. The lowest BCUT2D eigenvalue weighted by Gasteiger charge is -2.29. The van der Waals surface area contributed by atoms with Crippen LogP contribution in [0.3, 0.4) is 0 Å². The van der Waals surface area contributed by atoms with Crippen LogP contribution in [0.15, 0.2) is 61.7 Å². The number of carbonyl (C=O) groups excluding carboxylic acids is 1. The molecule has 2 aromatic rings.